The van der Waals surface area contributed by atoms with E-state index in [1.54, 1.807) is 13.0 Å². The van der Waals surface area contributed by atoms with Crippen LogP contribution in [0.1, 0.15) is 34.6 Å². The molecule has 0 spiro atoms. The largest absolute Gasteiger partial charge is 0.458 e. The normalized spacial score (nSPS) is 18.6. The molecular weight excluding hydrogens is 548 g/mol. The Kier molecular flexibility index (Phi) is 12.6. The van der Waals surface area contributed by atoms with Gasteiger partial charge in [0, 0.05) is 24.8 Å². The number of esters is 1. The van der Waals surface area contributed by atoms with Crippen LogP contribution in [0, 0.1) is 11.8 Å². The standard InChI is InChI=1S/C18H27I2NO4/c1-11(9-10-19)18(25-16(23)8-6-7-12(2)20)13(3)17(24)14(4)21-15(5)22/h6-11,13-14,17-18,24H,1-5H3,(H,21,22)/b8-6+,10-9+,12-7-/t11-,13-,14-,17+,18-/m1/s1. The molecule has 0 fully saturated rings. The third kappa shape index (κ3) is 10.3. The van der Waals surface area contributed by atoms with Crippen LogP contribution in [-0.4, -0.2) is 35.2 Å². The Balaban J connectivity index is 5.21. The molecule has 0 aromatic carbocycles. The van der Waals surface area contributed by atoms with Gasteiger partial charge in [0.15, 0.2) is 0 Å². The van der Waals surface area contributed by atoms with Crippen LogP contribution in [0.2, 0.25) is 0 Å². The Morgan fingerprint density at radius 3 is 2.28 bits per heavy atom. The zero-order valence-corrected chi connectivity index (χ0v) is 19.5. The van der Waals surface area contributed by atoms with Crippen molar-refractivity contribution < 1.29 is 19.4 Å². The summed E-state index contributed by atoms with van der Waals surface area (Å²) in [6, 6.07) is -0.440. The van der Waals surface area contributed by atoms with Crippen molar-refractivity contribution in [3.8, 4) is 0 Å². The molecule has 5 atom stereocenters. The third-order valence-corrected chi connectivity index (χ3v) is 4.48. The van der Waals surface area contributed by atoms with Crippen molar-refractivity contribution in [2.24, 2.45) is 11.8 Å². The van der Waals surface area contributed by atoms with E-state index in [0.717, 1.165) is 3.58 Å². The number of rotatable bonds is 9. The molecule has 0 aliphatic heterocycles. The number of carbonyl (C=O) groups excluding carboxylic acids is 2. The highest BCUT2D eigenvalue weighted by Gasteiger charge is 2.33. The van der Waals surface area contributed by atoms with Crippen molar-refractivity contribution in [1.82, 2.24) is 5.32 Å². The van der Waals surface area contributed by atoms with Gasteiger partial charge in [-0.15, -0.1) is 0 Å². The predicted octanol–water partition coefficient (Wildman–Crippen LogP) is 3.90. The second kappa shape index (κ2) is 12.9. The molecule has 0 saturated heterocycles. The number of aliphatic hydroxyl groups excluding tert-OH is 1. The molecule has 0 unspecified atom stereocenters. The van der Waals surface area contributed by atoms with Crippen molar-refractivity contribution in [2.75, 3.05) is 0 Å². The smallest absolute Gasteiger partial charge is 0.331 e. The van der Waals surface area contributed by atoms with Crippen LogP contribution in [0.15, 0.2) is 32.0 Å². The fourth-order valence-electron chi connectivity index (χ4n) is 2.41. The zero-order valence-electron chi connectivity index (χ0n) is 15.2. The molecule has 2 N–H and O–H groups in total. The average Bonchev–Trinajstić information content (AvgIpc) is 2.50. The average molecular weight is 575 g/mol. The minimum absolute atomic E-state index is 0.0784. The summed E-state index contributed by atoms with van der Waals surface area (Å²) in [5, 5.41) is 13.2. The predicted molar refractivity (Wildman–Crippen MR) is 118 cm³/mol. The van der Waals surface area contributed by atoms with Crippen LogP contribution < -0.4 is 5.32 Å². The van der Waals surface area contributed by atoms with Gasteiger partial charge >= 0.3 is 5.97 Å². The number of halogens is 2. The molecule has 25 heavy (non-hydrogen) atoms. The van der Waals surface area contributed by atoms with Crippen molar-refractivity contribution >= 4 is 57.1 Å². The number of allylic oxidation sites excluding steroid dienone is 3. The van der Waals surface area contributed by atoms with Gasteiger partial charge < -0.3 is 15.2 Å². The minimum atomic E-state index is -0.841. The first-order valence-electron chi connectivity index (χ1n) is 8.03. The number of nitrogens with one attached hydrogen (secondary N) is 1. The number of hydrogen-bond donors (Lipinski definition) is 2. The van der Waals surface area contributed by atoms with Crippen LogP contribution in [-0.2, 0) is 14.3 Å². The van der Waals surface area contributed by atoms with Gasteiger partial charge in [-0.25, -0.2) is 4.79 Å². The summed E-state index contributed by atoms with van der Waals surface area (Å²) in [5.41, 5.74) is 0. The Bertz CT molecular complexity index is 527. The van der Waals surface area contributed by atoms with Crippen LogP contribution >= 0.6 is 45.2 Å². The molecule has 5 nitrogen and oxygen atoms in total. The molecule has 142 valence electrons. The second-order valence-electron chi connectivity index (χ2n) is 6.03. The summed E-state index contributed by atoms with van der Waals surface area (Å²) in [7, 11) is 0. The molecule has 7 heteroatoms. The number of aliphatic hydroxyl groups is 1. The number of carbonyl (C=O) groups is 2. The summed E-state index contributed by atoms with van der Waals surface area (Å²) in [4.78, 5) is 23.3. The third-order valence-electron chi connectivity index (χ3n) is 3.71. The monoisotopic (exact) mass is 575 g/mol. The van der Waals surface area contributed by atoms with Gasteiger partial charge in [0.25, 0.3) is 0 Å². The van der Waals surface area contributed by atoms with Gasteiger partial charge in [0.05, 0.1) is 12.1 Å². The van der Waals surface area contributed by atoms with Gasteiger partial charge in [0.2, 0.25) is 5.91 Å². The van der Waals surface area contributed by atoms with E-state index in [1.807, 2.05) is 37.0 Å². The lowest BCUT2D eigenvalue weighted by Crippen LogP contribution is -2.48. The number of amides is 1. The number of hydrogen-bond acceptors (Lipinski definition) is 4. The maximum Gasteiger partial charge on any atom is 0.331 e. The molecule has 0 aromatic heterocycles. The quantitative estimate of drug-likeness (QED) is 0.190. The molecule has 0 aromatic rings. The van der Waals surface area contributed by atoms with E-state index in [2.05, 4.69) is 50.5 Å². The van der Waals surface area contributed by atoms with Crippen LogP contribution in [0.4, 0.5) is 0 Å². The van der Waals surface area contributed by atoms with Crippen LogP contribution in [0.3, 0.4) is 0 Å². The summed E-state index contributed by atoms with van der Waals surface area (Å²) in [5.74, 6) is -1.11. The van der Waals surface area contributed by atoms with Crippen molar-refractivity contribution in [3.63, 3.8) is 0 Å². The van der Waals surface area contributed by atoms with E-state index in [0.29, 0.717) is 0 Å². The lowest BCUT2D eigenvalue weighted by molar-refractivity contribution is -0.151. The van der Waals surface area contributed by atoms with E-state index >= 15 is 0 Å². The Hall–Kier alpha value is -0.420. The fourth-order valence-corrected chi connectivity index (χ4v) is 3.27. The highest BCUT2D eigenvalue weighted by atomic mass is 127. The summed E-state index contributed by atoms with van der Waals surface area (Å²) >= 11 is 4.26. The fraction of sp³-hybridized carbons (Fsp3) is 0.556. The summed E-state index contributed by atoms with van der Waals surface area (Å²) in [6.45, 7) is 8.80. The van der Waals surface area contributed by atoms with Gasteiger partial charge in [-0.3, -0.25) is 4.79 Å². The topological polar surface area (TPSA) is 75.6 Å². The zero-order chi connectivity index (χ0) is 19.6. The molecule has 0 rings (SSSR count). The van der Waals surface area contributed by atoms with Crippen molar-refractivity contribution in [1.29, 1.82) is 0 Å². The lowest BCUT2D eigenvalue weighted by atomic mass is 9.86. The van der Waals surface area contributed by atoms with E-state index < -0.39 is 24.2 Å². The molecule has 0 bridgehead atoms. The van der Waals surface area contributed by atoms with E-state index in [9.17, 15) is 14.7 Å². The van der Waals surface area contributed by atoms with Gasteiger partial charge in [-0.1, -0.05) is 54.7 Å². The first-order chi connectivity index (χ1) is 11.6. The molecule has 0 heterocycles. The Morgan fingerprint density at radius 1 is 1.20 bits per heavy atom. The Labute approximate surface area is 177 Å². The van der Waals surface area contributed by atoms with Crippen molar-refractivity contribution in [2.45, 2.75) is 52.9 Å². The first kappa shape index (κ1) is 24.6. The molecule has 0 aliphatic rings. The highest BCUT2D eigenvalue weighted by molar-refractivity contribution is 14.1. The lowest BCUT2D eigenvalue weighted by Gasteiger charge is -2.33. The SMILES string of the molecule is CC(=O)N[C@H](C)[C@@H](O)[C@@H](C)[C@H](OC(=O)/C=C/C=C(/C)I)[C@H](C)/C=C/I. The van der Waals surface area contributed by atoms with E-state index in [-0.39, 0.29) is 17.7 Å². The van der Waals surface area contributed by atoms with Gasteiger partial charge in [-0.2, -0.15) is 0 Å². The molecule has 0 saturated carbocycles. The maximum absolute atomic E-state index is 12.1. The van der Waals surface area contributed by atoms with E-state index in [1.165, 1.54) is 13.0 Å². The molecular formula is C18H27I2NO4. The highest BCUT2D eigenvalue weighted by Crippen LogP contribution is 2.24. The summed E-state index contributed by atoms with van der Waals surface area (Å²) < 4.78 is 8.51. The summed E-state index contributed by atoms with van der Waals surface area (Å²) in [6.07, 6.45) is 5.38. The molecule has 0 aliphatic carbocycles. The first-order valence-corrected chi connectivity index (χ1v) is 10.4. The van der Waals surface area contributed by atoms with Crippen LogP contribution in [0.25, 0.3) is 0 Å². The van der Waals surface area contributed by atoms with Gasteiger partial charge in [-0.05, 0) is 44.1 Å². The maximum atomic E-state index is 12.1. The molecule has 1 amide bonds. The van der Waals surface area contributed by atoms with Crippen LogP contribution in [0.5, 0.6) is 0 Å². The van der Waals surface area contributed by atoms with E-state index in [4.69, 9.17) is 4.74 Å². The number of ether oxygens (including phenoxy) is 1. The minimum Gasteiger partial charge on any atom is -0.458 e. The Morgan fingerprint density at radius 2 is 1.80 bits per heavy atom. The van der Waals surface area contributed by atoms with Gasteiger partial charge in [0.1, 0.15) is 6.10 Å². The van der Waals surface area contributed by atoms with Crippen molar-refractivity contribution in [3.05, 3.63) is 32.0 Å². The second-order valence-corrected chi connectivity index (χ2v) is 8.45. The molecule has 0 radical (unpaired) electrons.